The quantitative estimate of drug-likeness (QED) is 0.753. The summed E-state index contributed by atoms with van der Waals surface area (Å²) in [6, 6.07) is 5.79. The SMILES string of the molecule is CCCNCc1ccc(OC)cc1OCc1noc(C)n1. The van der Waals surface area contributed by atoms with Crippen LogP contribution >= 0.6 is 0 Å². The number of ether oxygens (including phenoxy) is 2. The molecule has 21 heavy (non-hydrogen) atoms. The molecule has 6 nitrogen and oxygen atoms in total. The second-order valence-corrected chi connectivity index (χ2v) is 4.67. The van der Waals surface area contributed by atoms with Gasteiger partial charge in [0.15, 0.2) is 6.61 Å². The molecule has 0 bridgehead atoms. The van der Waals surface area contributed by atoms with Crippen molar-refractivity contribution in [1.82, 2.24) is 15.5 Å². The maximum absolute atomic E-state index is 5.80. The lowest BCUT2D eigenvalue weighted by Gasteiger charge is -2.12. The summed E-state index contributed by atoms with van der Waals surface area (Å²) in [7, 11) is 1.64. The van der Waals surface area contributed by atoms with Crippen LogP contribution in [0.5, 0.6) is 11.5 Å². The highest BCUT2D eigenvalue weighted by Gasteiger charge is 2.08. The van der Waals surface area contributed by atoms with E-state index in [1.165, 1.54) is 0 Å². The zero-order valence-corrected chi connectivity index (χ0v) is 12.7. The smallest absolute Gasteiger partial charge is 0.223 e. The van der Waals surface area contributed by atoms with E-state index < -0.39 is 0 Å². The summed E-state index contributed by atoms with van der Waals surface area (Å²) >= 11 is 0. The molecule has 1 aromatic heterocycles. The molecule has 114 valence electrons. The minimum atomic E-state index is 0.269. The van der Waals surface area contributed by atoms with Crippen molar-refractivity contribution in [2.75, 3.05) is 13.7 Å². The Morgan fingerprint density at radius 2 is 2.19 bits per heavy atom. The standard InChI is InChI=1S/C15H21N3O3/c1-4-7-16-9-12-5-6-13(19-3)8-14(12)20-10-15-17-11(2)21-18-15/h5-6,8,16H,4,7,9-10H2,1-3H3. The Labute approximate surface area is 124 Å². The predicted octanol–water partition coefficient (Wildman–Crippen LogP) is 2.47. The van der Waals surface area contributed by atoms with Crippen molar-refractivity contribution in [3.05, 3.63) is 35.5 Å². The Balaban J connectivity index is 2.06. The third-order valence-electron chi connectivity index (χ3n) is 2.94. The van der Waals surface area contributed by atoms with Crippen LogP contribution in [0.3, 0.4) is 0 Å². The van der Waals surface area contributed by atoms with Crippen molar-refractivity contribution < 1.29 is 14.0 Å². The fourth-order valence-corrected chi connectivity index (χ4v) is 1.88. The molecule has 0 saturated carbocycles. The minimum absolute atomic E-state index is 0.269. The number of nitrogens with zero attached hydrogens (tertiary/aromatic N) is 2. The number of methoxy groups -OCH3 is 1. The monoisotopic (exact) mass is 291 g/mol. The van der Waals surface area contributed by atoms with Crippen LogP contribution in [-0.2, 0) is 13.2 Å². The first-order valence-corrected chi connectivity index (χ1v) is 7.02. The molecule has 0 aliphatic rings. The number of aryl methyl sites for hydroxylation is 1. The van der Waals surface area contributed by atoms with Gasteiger partial charge in [0.25, 0.3) is 0 Å². The first-order chi connectivity index (χ1) is 10.2. The normalized spacial score (nSPS) is 10.6. The van der Waals surface area contributed by atoms with E-state index in [1.54, 1.807) is 14.0 Å². The highest BCUT2D eigenvalue weighted by molar-refractivity contribution is 5.40. The number of hydrogen-bond donors (Lipinski definition) is 1. The molecule has 1 N–H and O–H groups in total. The van der Waals surface area contributed by atoms with Crippen LogP contribution in [0.2, 0.25) is 0 Å². The molecule has 0 fully saturated rings. The lowest BCUT2D eigenvalue weighted by Crippen LogP contribution is -2.14. The summed E-state index contributed by atoms with van der Waals surface area (Å²) in [5, 5.41) is 7.18. The Hall–Kier alpha value is -2.08. The van der Waals surface area contributed by atoms with E-state index in [0.29, 0.717) is 11.7 Å². The Kier molecular flexibility index (Phi) is 5.57. The summed E-state index contributed by atoms with van der Waals surface area (Å²) in [5.74, 6) is 2.58. The molecule has 0 aliphatic heterocycles. The van der Waals surface area contributed by atoms with E-state index >= 15 is 0 Å². The van der Waals surface area contributed by atoms with Crippen LogP contribution in [-0.4, -0.2) is 23.8 Å². The molecule has 2 aromatic rings. The molecule has 0 saturated heterocycles. The van der Waals surface area contributed by atoms with Crippen molar-refractivity contribution in [2.24, 2.45) is 0 Å². The van der Waals surface area contributed by atoms with Crippen molar-refractivity contribution >= 4 is 0 Å². The molecule has 0 spiro atoms. The van der Waals surface area contributed by atoms with Gasteiger partial charge in [0.1, 0.15) is 11.5 Å². The lowest BCUT2D eigenvalue weighted by atomic mass is 10.2. The number of rotatable bonds is 8. The molecule has 0 radical (unpaired) electrons. The van der Waals surface area contributed by atoms with Crippen molar-refractivity contribution in [3.8, 4) is 11.5 Å². The molecule has 2 rings (SSSR count). The Morgan fingerprint density at radius 3 is 2.86 bits per heavy atom. The maximum atomic E-state index is 5.80. The van der Waals surface area contributed by atoms with Crippen LogP contribution in [0, 0.1) is 6.92 Å². The Morgan fingerprint density at radius 1 is 1.33 bits per heavy atom. The van der Waals surface area contributed by atoms with Gasteiger partial charge in [0.05, 0.1) is 7.11 Å². The van der Waals surface area contributed by atoms with Gasteiger partial charge in [-0.2, -0.15) is 4.98 Å². The largest absolute Gasteiger partial charge is 0.497 e. The van der Waals surface area contributed by atoms with Gasteiger partial charge < -0.3 is 19.3 Å². The predicted molar refractivity (Wildman–Crippen MR) is 78.4 cm³/mol. The van der Waals surface area contributed by atoms with E-state index in [2.05, 4.69) is 22.4 Å². The van der Waals surface area contributed by atoms with E-state index in [0.717, 1.165) is 36.6 Å². The third kappa shape index (κ3) is 4.46. The second-order valence-electron chi connectivity index (χ2n) is 4.67. The lowest BCUT2D eigenvalue weighted by molar-refractivity contribution is 0.280. The fourth-order valence-electron chi connectivity index (χ4n) is 1.88. The first kappa shape index (κ1) is 15.3. The van der Waals surface area contributed by atoms with Crippen molar-refractivity contribution in [1.29, 1.82) is 0 Å². The van der Waals surface area contributed by atoms with Gasteiger partial charge in [0, 0.05) is 25.1 Å². The number of aromatic nitrogens is 2. The van der Waals surface area contributed by atoms with Crippen molar-refractivity contribution in [2.45, 2.75) is 33.4 Å². The van der Waals surface area contributed by atoms with Gasteiger partial charge in [-0.25, -0.2) is 0 Å². The summed E-state index contributed by atoms with van der Waals surface area (Å²) in [5.41, 5.74) is 1.07. The van der Waals surface area contributed by atoms with Gasteiger partial charge in [-0.3, -0.25) is 0 Å². The Bertz CT molecular complexity index is 569. The van der Waals surface area contributed by atoms with Gasteiger partial charge >= 0.3 is 0 Å². The van der Waals surface area contributed by atoms with Crippen LogP contribution in [0.25, 0.3) is 0 Å². The molecule has 0 atom stereocenters. The van der Waals surface area contributed by atoms with Crippen molar-refractivity contribution in [3.63, 3.8) is 0 Å². The molecule has 1 heterocycles. The minimum Gasteiger partial charge on any atom is -0.497 e. The van der Waals surface area contributed by atoms with Gasteiger partial charge in [-0.1, -0.05) is 18.1 Å². The van der Waals surface area contributed by atoms with Gasteiger partial charge in [-0.15, -0.1) is 0 Å². The average Bonchev–Trinajstić information content (AvgIpc) is 2.92. The molecule has 0 aliphatic carbocycles. The number of hydrogen-bond acceptors (Lipinski definition) is 6. The summed E-state index contributed by atoms with van der Waals surface area (Å²) in [6.07, 6.45) is 1.09. The van der Waals surface area contributed by atoms with Gasteiger partial charge in [0.2, 0.25) is 11.7 Å². The van der Waals surface area contributed by atoms with Crippen LogP contribution in [0.4, 0.5) is 0 Å². The van der Waals surface area contributed by atoms with Crippen LogP contribution in [0.1, 0.15) is 30.6 Å². The zero-order chi connectivity index (χ0) is 15.1. The topological polar surface area (TPSA) is 69.4 Å². The highest BCUT2D eigenvalue weighted by atomic mass is 16.5. The molecule has 6 heteroatoms. The summed E-state index contributed by atoms with van der Waals surface area (Å²) in [4.78, 5) is 4.12. The summed E-state index contributed by atoms with van der Waals surface area (Å²) in [6.45, 7) is 5.87. The first-order valence-electron chi connectivity index (χ1n) is 7.02. The molecule has 0 amide bonds. The molecular weight excluding hydrogens is 270 g/mol. The van der Waals surface area contributed by atoms with E-state index in [4.69, 9.17) is 14.0 Å². The van der Waals surface area contributed by atoms with E-state index in [-0.39, 0.29) is 6.61 Å². The highest BCUT2D eigenvalue weighted by Crippen LogP contribution is 2.25. The summed E-state index contributed by atoms with van der Waals surface area (Å²) < 4.78 is 16.0. The molecular formula is C15H21N3O3. The van der Waals surface area contributed by atoms with Crippen LogP contribution < -0.4 is 14.8 Å². The fraction of sp³-hybridized carbons (Fsp3) is 0.467. The maximum Gasteiger partial charge on any atom is 0.223 e. The average molecular weight is 291 g/mol. The molecule has 1 aromatic carbocycles. The molecule has 0 unspecified atom stereocenters. The van der Waals surface area contributed by atoms with E-state index in [9.17, 15) is 0 Å². The second kappa shape index (κ2) is 7.64. The third-order valence-corrected chi connectivity index (χ3v) is 2.94. The van der Waals surface area contributed by atoms with E-state index in [1.807, 2.05) is 18.2 Å². The number of nitrogens with one attached hydrogen (secondary N) is 1. The zero-order valence-electron chi connectivity index (χ0n) is 12.7. The van der Waals surface area contributed by atoms with Crippen LogP contribution in [0.15, 0.2) is 22.7 Å². The van der Waals surface area contributed by atoms with Gasteiger partial charge in [-0.05, 0) is 19.0 Å². The number of benzene rings is 1.